The Bertz CT molecular complexity index is 353. The van der Waals surface area contributed by atoms with Crippen molar-refractivity contribution in [3.05, 3.63) is 35.9 Å². The predicted molar refractivity (Wildman–Crippen MR) is 58.6 cm³/mol. The van der Waals surface area contributed by atoms with Gasteiger partial charge in [0.15, 0.2) is 0 Å². The van der Waals surface area contributed by atoms with E-state index in [0.717, 1.165) is 12.0 Å². The van der Waals surface area contributed by atoms with Crippen LogP contribution in [0.5, 0.6) is 0 Å². The number of rotatable bonds is 4. The second-order valence-corrected chi connectivity index (χ2v) is 3.90. The molecule has 0 aromatic heterocycles. The van der Waals surface area contributed by atoms with Crippen LogP contribution in [0.3, 0.4) is 0 Å². The number of benzene rings is 1. The molecule has 2 rings (SSSR count). The van der Waals surface area contributed by atoms with Gasteiger partial charge in [0.2, 0.25) is 0 Å². The third-order valence-corrected chi connectivity index (χ3v) is 2.73. The average molecular weight is 221 g/mol. The van der Waals surface area contributed by atoms with Crippen molar-refractivity contribution in [3.63, 3.8) is 0 Å². The number of hydroxylamine groups is 2. The van der Waals surface area contributed by atoms with Crippen LogP contribution in [0.25, 0.3) is 0 Å². The summed E-state index contributed by atoms with van der Waals surface area (Å²) in [6.07, 6.45) is 1.55. The minimum atomic E-state index is -0.800. The second kappa shape index (κ2) is 5.09. The van der Waals surface area contributed by atoms with E-state index in [2.05, 4.69) is 0 Å². The number of nitrogens with zero attached hydrogens (tertiary/aromatic N) is 1. The maximum absolute atomic E-state index is 10.9. The van der Waals surface area contributed by atoms with Gasteiger partial charge in [0, 0.05) is 6.54 Å². The highest BCUT2D eigenvalue weighted by atomic mass is 16.7. The first-order valence-electron chi connectivity index (χ1n) is 5.43. The van der Waals surface area contributed by atoms with Crippen LogP contribution < -0.4 is 0 Å². The van der Waals surface area contributed by atoms with E-state index >= 15 is 0 Å². The first-order valence-corrected chi connectivity index (χ1v) is 5.43. The van der Waals surface area contributed by atoms with Crippen molar-refractivity contribution < 1.29 is 14.7 Å². The van der Waals surface area contributed by atoms with E-state index in [1.54, 1.807) is 5.06 Å². The Morgan fingerprint density at radius 2 is 2.19 bits per heavy atom. The summed E-state index contributed by atoms with van der Waals surface area (Å²) in [7, 11) is 0. The molecule has 0 amide bonds. The van der Waals surface area contributed by atoms with Crippen LogP contribution in [0.4, 0.5) is 0 Å². The van der Waals surface area contributed by atoms with E-state index in [1.165, 1.54) is 0 Å². The molecule has 1 aliphatic heterocycles. The standard InChI is InChI=1S/C12H15NO3/c14-12(15)11-7-4-8-13(11)16-9-10-5-2-1-3-6-10/h1-3,5-6,11H,4,7-9H2,(H,14,15). The third-order valence-electron chi connectivity index (χ3n) is 2.73. The normalized spacial score (nSPS) is 21.1. The maximum Gasteiger partial charge on any atom is 0.323 e. The third kappa shape index (κ3) is 2.59. The molecule has 0 aliphatic carbocycles. The SMILES string of the molecule is O=C(O)C1CCCN1OCc1ccccc1. The average Bonchev–Trinajstić information content (AvgIpc) is 2.76. The number of carbonyl (C=O) groups is 1. The summed E-state index contributed by atoms with van der Waals surface area (Å²) < 4.78 is 0. The van der Waals surface area contributed by atoms with Crippen molar-refractivity contribution >= 4 is 5.97 Å². The molecule has 16 heavy (non-hydrogen) atoms. The molecule has 1 fully saturated rings. The van der Waals surface area contributed by atoms with Crippen LogP contribution in [0.15, 0.2) is 30.3 Å². The Balaban J connectivity index is 1.88. The van der Waals surface area contributed by atoms with E-state index in [1.807, 2.05) is 30.3 Å². The van der Waals surface area contributed by atoms with Crippen molar-refractivity contribution in [1.29, 1.82) is 0 Å². The molecule has 0 bridgehead atoms. The summed E-state index contributed by atoms with van der Waals surface area (Å²) in [5.41, 5.74) is 1.05. The van der Waals surface area contributed by atoms with Gasteiger partial charge in [-0.2, -0.15) is 5.06 Å². The van der Waals surface area contributed by atoms with Gasteiger partial charge in [0.1, 0.15) is 6.04 Å². The number of aliphatic carboxylic acids is 1. The quantitative estimate of drug-likeness (QED) is 0.840. The van der Waals surface area contributed by atoms with Gasteiger partial charge >= 0.3 is 5.97 Å². The van der Waals surface area contributed by atoms with E-state index in [4.69, 9.17) is 9.94 Å². The molecular formula is C12H15NO3. The van der Waals surface area contributed by atoms with E-state index in [-0.39, 0.29) is 0 Å². The van der Waals surface area contributed by atoms with Crippen LogP contribution in [0.1, 0.15) is 18.4 Å². The van der Waals surface area contributed by atoms with Crippen LogP contribution in [-0.4, -0.2) is 28.7 Å². The van der Waals surface area contributed by atoms with E-state index < -0.39 is 12.0 Å². The highest BCUT2D eigenvalue weighted by Gasteiger charge is 2.31. The number of hydrogen-bond donors (Lipinski definition) is 1. The predicted octanol–water partition coefficient (Wildman–Crippen LogP) is 1.67. The van der Waals surface area contributed by atoms with Crippen molar-refractivity contribution in [2.45, 2.75) is 25.5 Å². The van der Waals surface area contributed by atoms with Crippen LogP contribution in [0, 0.1) is 0 Å². The van der Waals surface area contributed by atoms with Gasteiger partial charge in [0.25, 0.3) is 0 Å². The van der Waals surface area contributed by atoms with Crippen molar-refractivity contribution in [3.8, 4) is 0 Å². The molecule has 1 saturated heterocycles. The van der Waals surface area contributed by atoms with Gasteiger partial charge in [-0.15, -0.1) is 0 Å². The Labute approximate surface area is 94.4 Å². The molecule has 1 atom stereocenters. The molecular weight excluding hydrogens is 206 g/mol. The zero-order chi connectivity index (χ0) is 11.4. The van der Waals surface area contributed by atoms with Gasteiger partial charge in [-0.05, 0) is 18.4 Å². The second-order valence-electron chi connectivity index (χ2n) is 3.90. The molecule has 1 N–H and O–H groups in total. The summed E-state index contributed by atoms with van der Waals surface area (Å²) in [4.78, 5) is 16.4. The van der Waals surface area contributed by atoms with Crippen LogP contribution in [-0.2, 0) is 16.2 Å². The highest BCUT2D eigenvalue weighted by molar-refractivity contribution is 5.73. The van der Waals surface area contributed by atoms with Gasteiger partial charge < -0.3 is 5.11 Å². The lowest BCUT2D eigenvalue weighted by Crippen LogP contribution is -2.35. The van der Waals surface area contributed by atoms with E-state index in [0.29, 0.717) is 19.6 Å². The molecule has 1 aromatic carbocycles. The molecule has 4 heteroatoms. The van der Waals surface area contributed by atoms with Gasteiger partial charge in [-0.25, -0.2) is 0 Å². The smallest absolute Gasteiger partial charge is 0.323 e. The first kappa shape index (κ1) is 11.1. The number of hydrogen-bond acceptors (Lipinski definition) is 3. The van der Waals surface area contributed by atoms with Crippen LogP contribution >= 0.6 is 0 Å². The first-order chi connectivity index (χ1) is 7.77. The zero-order valence-electron chi connectivity index (χ0n) is 9.00. The molecule has 0 spiro atoms. The molecule has 1 aliphatic rings. The zero-order valence-corrected chi connectivity index (χ0v) is 9.00. The molecule has 0 saturated carbocycles. The molecule has 1 heterocycles. The maximum atomic E-state index is 10.9. The van der Waals surface area contributed by atoms with Crippen molar-refractivity contribution in [2.24, 2.45) is 0 Å². The lowest BCUT2D eigenvalue weighted by atomic mass is 10.2. The molecule has 0 radical (unpaired) electrons. The fourth-order valence-electron chi connectivity index (χ4n) is 1.87. The molecule has 4 nitrogen and oxygen atoms in total. The topological polar surface area (TPSA) is 49.8 Å². The van der Waals surface area contributed by atoms with Gasteiger partial charge in [0.05, 0.1) is 6.61 Å². The summed E-state index contributed by atoms with van der Waals surface area (Å²) >= 11 is 0. The monoisotopic (exact) mass is 221 g/mol. The minimum Gasteiger partial charge on any atom is -0.480 e. The van der Waals surface area contributed by atoms with Gasteiger partial charge in [-0.1, -0.05) is 30.3 Å². The minimum absolute atomic E-state index is 0.435. The number of carboxylic acids is 1. The summed E-state index contributed by atoms with van der Waals surface area (Å²) in [6.45, 7) is 1.13. The Hall–Kier alpha value is -1.39. The Kier molecular flexibility index (Phi) is 3.54. The summed E-state index contributed by atoms with van der Waals surface area (Å²) in [5.74, 6) is -0.800. The molecule has 86 valence electrons. The molecule has 1 aromatic rings. The lowest BCUT2D eigenvalue weighted by molar-refractivity contribution is -0.192. The van der Waals surface area contributed by atoms with Crippen molar-refractivity contribution in [1.82, 2.24) is 5.06 Å². The van der Waals surface area contributed by atoms with Crippen molar-refractivity contribution in [2.75, 3.05) is 6.54 Å². The summed E-state index contributed by atoms with van der Waals surface area (Å²) in [6, 6.07) is 9.27. The van der Waals surface area contributed by atoms with E-state index in [9.17, 15) is 4.79 Å². The fraction of sp³-hybridized carbons (Fsp3) is 0.417. The fourth-order valence-corrected chi connectivity index (χ4v) is 1.87. The number of carboxylic acid groups (broad SMARTS) is 1. The summed E-state index contributed by atoms with van der Waals surface area (Å²) in [5, 5.41) is 10.5. The lowest BCUT2D eigenvalue weighted by Gasteiger charge is -2.20. The highest BCUT2D eigenvalue weighted by Crippen LogP contribution is 2.18. The molecule has 1 unspecified atom stereocenters. The largest absolute Gasteiger partial charge is 0.480 e. The van der Waals surface area contributed by atoms with Crippen LogP contribution in [0.2, 0.25) is 0 Å². The Morgan fingerprint density at radius 1 is 1.44 bits per heavy atom. The Morgan fingerprint density at radius 3 is 2.88 bits per heavy atom. The van der Waals surface area contributed by atoms with Gasteiger partial charge in [-0.3, -0.25) is 9.63 Å².